The van der Waals surface area contributed by atoms with Gasteiger partial charge >= 0.3 is 6.03 Å². The van der Waals surface area contributed by atoms with Crippen molar-refractivity contribution in [2.75, 3.05) is 39.3 Å². The second-order valence-corrected chi connectivity index (χ2v) is 6.93. The number of amides is 2. The van der Waals surface area contributed by atoms with E-state index >= 15 is 0 Å². The Labute approximate surface area is 143 Å². The molecule has 0 spiro atoms. The van der Waals surface area contributed by atoms with E-state index in [9.17, 15) is 9.90 Å². The molecule has 134 valence electrons. The lowest BCUT2D eigenvalue weighted by molar-refractivity contribution is 0.126. The van der Waals surface area contributed by atoms with Gasteiger partial charge in [-0.2, -0.15) is 0 Å². The van der Waals surface area contributed by atoms with Crippen molar-refractivity contribution >= 4 is 6.03 Å². The minimum Gasteiger partial charge on any atom is -0.468 e. The maximum absolute atomic E-state index is 12.5. The highest BCUT2D eigenvalue weighted by Gasteiger charge is 2.27. The summed E-state index contributed by atoms with van der Waals surface area (Å²) in [4.78, 5) is 16.7. The Morgan fingerprint density at radius 3 is 2.62 bits per heavy atom. The molecule has 2 saturated heterocycles. The molecule has 6 nitrogen and oxygen atoms in total. The number of aliphatic hydroxyl groups is 1. The molecule has 0 radical (unpaired) electrons. The van der Waals surface area contributed by atoms with E-state index in [-0.39, 0.29) is 18.7 Å². The number of nitrogens with zero attached hydrogens (tertiary/aromatic N) is 2. The minimum absolute atomic E-state index is 0.0000413. The van der Waals surface area contributed by atoms with Crippen molar-refractivity contribution in [2.24, 2.45) is 5.92 Å². The predicted octanol–water partition coefficient (Wildman–Crippen LogP) is 2.22. The van der Waals surface area contributed by atoms with Crippen LogP contribution in [0.1, 0.15) is 43.9 Å². The molecular weight excluding hydrogens is 306 g/mol. The van der Waals surface area contributed by atoms with Crippen LogP contribution >= 0.6 is 0 Å². The van der Waals surface area contributed by atoms with Crippen LogP contribution in [0.3, 0.4) is 0 Å². The molecule has 1 aromatic rings. The molecule has 2 fully saturated rings. The standard InChI is InChI=1S/C18H29N3O3/c22-14-15-6-10-21(11-7-15)18(23)19-13-16(17-5-4-12-24-17)20-8-2-1-3-9-20/h4-5,12,15-16,22H,1-3,6-11,13-14H2,(H,19,23). The lowest BCUT2D eigenvalue weighted by Gasteiger charge is -2.35. The number of nitrogens with one attached hydrogen (secondary N) is 1. The van der Waals surface area contributed by atoms with Gasteiger partial charge in [-0.3, -0.25) is 4.90 Å². The number of hydrogen-bond donors (Lipinski definition) is 2. The largest absolute Gasteiger partial charge is 0.468 e. The maximum atomic E-state index is 12.5. The van der Waals surface area contributed by atoms with E-state index in [2.05, 4.69) is 10.2 Å². The number of hydrogen-bond acceptors (Lipinski definition) is 4. The van der Waals surface area contributed by atoms with Crippen LogP contribution in [0.2, 0.25) is 0 Å². The first-order valence-corrected chi connectivity index (χ1v) is 9.19. The van der Waals surface area contributed by atoms with Crippen molar-refractivity contribution in [3.05, 3.63) is 24.2 Å². The molecule has 2 aliphatic heterocycles. The van der Waals surface area contributed by atoms with E-state index in [1.807, 2.05) is 17.0 Å². The van der Waals surface area contributed by atoms with Gasteiger partial charge in [0.2, 0.25) is 0 Å². The fourth-order valence-electron chi connectivity index (χ4n) is 3.73. The molecule has 3 heterocycles. The first-order valence-electron chi connectivity index (χ1n) is 9.19. The third-order valence-corrected chi connectivity index (χ3v) is 5.31. The van der Waals surface area contributed by atoms with Crippen LogP contribution in [0.15, 0.2) is 22.8 Å². The summed E-state index contributed by atoms with van der Waals surface area (Å²) in [7, 11) is 0. The van der Waals surface area contributed by atoms with Crippen LogP contribution in [-0.2, 0) is 0 Å². The molecule has 24 heavy (non-hydrogen) atoms. The smallest absolute Gasteiger partial charge is 0.317 e. The molecule has 0 saturated carbocycles. The number of urea groups is 1. The van der Waals surface area contributed by atoms with E-state index in [4.69, 9.17) is 4.42 Å². The molecule has 2 aliphatic rings. The Morgan fingerprint density at radius 1 is 1.25 bits per heavy atom. The summed E-state index contributed by atoms with van der Waals surface area (Å²) in [6.45, 7) is 4.38. The SMILES string of the molecule is O=C(NCC(c1ccco1)N1CCCCC1)N1CCC(CO)CC1. The molecule has 6 heteroatoms. The van der Waals surface area contributed by atoms with Crippen molar-refractivity contribution in [1.29, 1.82) is 0 Å². The second kappa shape index (κ2) is 8.53. The third-order valence-electron chi connectivity index (χ3n) is 5.31. The van der Waals surface area contributed by atoms with Crippen molar-refractivity contribution < 1.29 is 14.3 Å². The van der Waals surface area contributed by atoms with Crippen LogP contribution in [0, 0.1) is 5.92 Å². The molecule has 2 amide bonds. The zero-order valence-electron chi connectivity index (χ0n) is 14.3. The van der Waals surface area contributed by atoms with E-state index in [1.54, 1.807) is 6.26 Å². The van der Waals surface area contributed by atoms with Gasteiger partial charge < -0.3 is 19.7 Å². The summed E-state index contributed by atoms with van der Waals surface area (Å²) < 4.78 is 5.62. The summed E-state index contributed by atoms with van der Waals surface area (Å²) in [5, 5.41) is 12.3. The number of likely N-dealkylation sites (tertiary alicyclic amines) is 2. The second-order valence-electron chi connectivity index (χ2n) is 6.93. The predicted molar refractivity (Wildman–Crippen MR) is 91.7 cm³/mol. The number of aliphatic hydroxyl groups excluding tert-OH is 1. The Balaban J connectivity index is 1.54. The van der Waals surface area contributed by atoms with Gasteiger partial charge in [0.25, 0.3) is 0 Å². The number of furan rings is 1. The van der Waals surface area contributed by atoms with Crippen LogP contribution in [-0.4, -0.2) is 60.3 Å². The van der Waals surface area contributed by atoms with Crippen LogP contribution in [0.5, 0.6) is 0 Å². The highest BCUT2D eigenvalue weighted by molar-refractivity contribution is 5.74. The number of carbonyl (C=O) groups excluding carboxylic acids is 1. The molecule has 0 bridgehead atoms. The van der Waals surface area contributed by atoms with Crippen molar-refractivity contribution in [3.8, 4) is 0 Å². The van der Waals surface area contributed by atoms with Crippen LogP contribution in [0.4, 0.5) is 4.79 Å². The molecule has 1 atom stereocenters. The highest BCUT2D eigenvalue weighted by atomic mass is 16.3. The summed E-state index contributed by atoms with van der Waals surface area (Å²) in [5.41, 5.74) is 0. The molecule has 2 N–H and O–H groups in total. The van der Waals surface area contributed by atoms with Crippen molar-refractivity contribution in [1.82, 2.24) is 15.1 Å². The average Bonchev–Trinajstić information content (AvgIpc) is 3.17. The average molecular weight is 335 g/mol. The zero-order valence-corrected chi connectivity index (χ0v) is 14.3. The van der Waals surface area contributed by atoms with Gasteiger partial charge in [-0.25, -0.2) is 4.79 Å². The summed E-state index contributed by atoms with van der Waals surface area (Å²) in [6, 6.07) is 4.02. The first kappa shape index (κ1) is 17.3. The topological polar surface area (TPSA) is 69.0 Å². The van der Waals surface area contributed by atoms with Gasteiger partial charge in [0.15, 0.2) is 0 Å². The van der Waals surface area contributed by atoms with Crippen molar-refractivity contribution in [2.45, 2.75) is 38.1 Å². The quantitative estimate of drug-likeness (QED) is 0.866. The Kier molecular flexibility index (Phi) is 6.15. The van der Waals surface area contributed by atoms with E-state index in [0.717, 1.165) is 44.8 Å². The summed E-state index contributed by atoms with van der Waals surface area (Å²) >= 11 is 0. The van der Waals surface area contributed by atoms with Crippen molar-refractivity contribution in [3.63, 3.8) is 0 Å². The molecule has 3 rings (SSSR count). The molecular formula is C18H29N3O3. The monoisotopic (exact) mass is 335 g/mol. The van der Waals surface area contributed by atoms with E-state index in [1.165, 1.54) is 19.3 Å². The van der Waals surface area contributed by atoms with Gasteiger partial charge in [-0.1, -0.05) is 6.42 Å². The number of rotatable bonds is 5. The molecule has 1 aromatic heterocycles. The third kappa shape index (κ3) is 4.30. The van der Waals surface area contributed by atoms with Gasteiger partial charge in [-0.15, -0.1) is 0 Å². The zero-order chi connectivity index (χ0) is 16.8. The molecule has 1 unspecified atom stereocenters. The fraction of sp³-hybridized carbons (Fsp3) is 0.722. The van der Waals surface area contributed by atoms with E-state index in [0.29, 0.717) is 12.5 Å². The van der Waals surface area contributed by atoms with Crippen LogP contribution < -0.4 is 5.32 Å². The summed E-state index contributed by atoms with van der Waals surface area (Å²) in [5.74, 6) is 1.27. The normalized spacial score (nSPS) is 21.6. The maximum Gasteiger partial charge on any atom is 0.317 e. The van der Waals surface area contributed by atoms with Gasteiger partial charge in [-0.05, 0) is 56.8 Å². The lowest BCUT2D eigenvalue weighted by atomic mass is 9.98. The minimum atomic E-state index is -0.0000413. The van der Waals surface area contributed by atoms with Gasteiger partial charge in [0.05, 0.1) is 12.3 Å². The Morgan fingerprint density at radius 2 is 2.00 bits per heavy atom. The Hall–Kier alpha value is -1.53. The number of piperidine rings is 2. The van der Waals surface area contributed by atoms with Gasteiger partial charge in [0, 0.05) is 26.2 Å². The first-order chi connectivity index (χ1) is 11.8. The van der Waals surface area contributed by atoms with Crippen LogP contribution in [0.25, 0.3) is 0 Å². The highest BCUT2D eigenvalue weighted by Crippen LogP contribution is 2.24. The Bertz CT molecular complexity index is 492. The van der Waals surface area contributed by atoms with Gasteiger partial charge in [0.1, 0.15) is 5.76 Å². The summed E-state index contributed by atoms with van der Waals surface area (Å²) in [6.07, 6.45) is 7.18. The molecule has 0 aliphatic carbocycles. The number of carbonyl (C=O) groups is 1. The fourth-order valence-corrected chi connectivity index (χ4v) is 3.73. The molecule has 0 aromatic carbocycles. The lowest BCUT2D eigenvalue weighted by Crippen LogP contribution is -2.47. The van der Waals surface area contributed by atoms with E-state index < -0.39 is 0 Å².